The molecule has 2 amide bonds. The van der Waals surface area contributed by atoms with Crippen LogP contribution in [0.25, 0.3) is 0 Å². The van der Waals surface area contributed by atoms with Crippen molar-refractivity contribution in [1.29, 1.82) is 0 Å². The van der Waals surface area contributed by atoms with E-state index in [-0.39, 0.29) is 17.9 Å². The highest BCUT2D eigenvalue weighted by molar-refractivity contribution is 5.81. The average molecular weight is 361 g/mol. The van der Waals surface area contributed by atoms with Gasteiger partial charge >= 0.3 is 0 Å². The molecule has 0 spiro atoms. The summed E-state index contributed by atoms with van der Waals surface area (Å²) < 4.78 is 5.47. The second-order valence-electron chi connectivity index (χ2n) is 7.66. The van der Waals surface area contributed by atoms with Crippen LogP contribution >= 0.6 is 0 Å². The second-order valence-corrected chi connectivity index (χ2v) is 7.66. The van der Waals surface area contributed by atoms with E-state index in [9.17, 15) is 9.59 Å². The molecule has 1 aliphatic rings. The normalized spacial score (nSPS) is 17.7. The first kappa shape index (κ1) is 20.2. The van der Waals surface area contributed by atoms with Crippen LogP contribution in [0.3, 0.4) is 0 Å². The molecule has 1 atom stereocenters. The van der Waals surface area contributed by atoms with Gasteiger partial charge in [0, 0.05) is 43.6 Å². The van der Waals surface area contributed by atoms with Gasteiger partial charge in [-0.25, -0.2) is 0 Å². The summed E-state index contributed by atoms with van der Waals surface area (Å²) in [6, 6.07) is 7.81. The number of carbonyl (C=O) groups is 2. The molecule has 1 fully saturated rings. The van der Waals surface area contributed by atoms with Crippen molar-refractivity contribution >= 4 is 11.8 Å². The van der Waals surface area contributed by atoms with Crippen LogP contribution in [0.4, 0.5) is 0 Å². The molecule has 144 valence electrons. The highest BCUT2D eigenvalue weighted by atomic mass is 16.5. The van der Waals surface area contributed by atoms with Gasteiger partial charge in [0.15, 0.2) is 0 Å². The minimum atomic E-state index is -0.405. The van der Waals surface area contributed by atoms with Gasteiger partial charge in [0.2, 0.25) is 11.8 Å². The molecule has 26 heavy (non-hydrogen) atoms. The molecule has 0 saturated carbocycles. The number of ether oxygens (including phenoxy) is 1. The first-order chi connectivity index (χ1) is 12.3. The molecule has 1 aliphatic heterocycles. The molecule has 0 radical (unpaired) electrons. The molecule has 1 saturated heterocycles. The minimum absolute atomic E-state index is 0.0130. The molecule has 2 N–H and O–H groups in total. The van der Waals surface area contributed by atoms with Crippen LogP contribution in [0.2, 0.25) is 0 Å². The Morgan fingerprint density at radius 1 is 1.31 bits per heavy atom. The van der Waals surface area contributed by atoms with Gasteiger partial charge in [0.05, 0.1) is 13.2 Å². The third-order valence-electron chi connectivity index (χ3n) is 4.60. The number of benzene rings is 1. The lowest BCUT2D eigenvalue weighted by atomic mass is 9.96. The van der Waals surface area contributed by atoms with E-state index >= 15 is 0 Å². The molecule has 1 aromatic carbocycles. The summed E-state index contributed by atoms with van der Waals surface area (Å²) in [7, 11) is 1.65. The SMILES string of the molecule is COc1ccccc1C1CNCCN1C(=O)CCCNC(=O)C(C)(C)C. The zero-order chi connectivity index (χ0) is 19.2. The standard InChI is InChI=1S/C20H31N3O3/c1-20(2,3)19(25)22-11-7-10-18(24)23-13-12-21-14-16(23)15-8-5-6-9-17(15)26-4/h5-6,8-9,16,21H,7,10-14H2,1-4H3,(H,22,25). The number of piperazine rings is 1. The summed E-state index contributed by atoms with van der Waals surface area (Å²) in [5.41, 5.74) is 0.619. The Kier molecular flexibility index (Phi) is 7.03. The summed E-state index contributed by atoms with van der Waals surface area (Å²) in [5, 5.41) is 6.26. The van der Waals surface area contributed by atoms with E-state index in [1.807, 2.05) is 49.9 Å². The largest absolute Gasteiger partial charge is 0.496 e. The Bertz CT molecular complexity index is 625. The maximum absolute atomic E-state index is 12.8. The molecule has 2 rings (SSSR count). The van der Waals surface area contributed by atoms with Crippen molar-refractivity contribution in [1.82, 2.24) is 15.5 Å². The molecule has 0 aliphatic carbocycles. The zero-order valence-electron chi connectivity index (χ0n) is 16.3. The number of methoxy groups -OCH3 is 1. The van der Waals surface area contributed by atoms with Crippen LogP contribution in [0.1, 0.15) is 45.2 Å². The fourth-order valence-corrected chi connectivity index (χ4v) is 3.07. The quantitative estimate of drug-likeness (QED) is 0.762. The summed E-state index contributed by atoms with van der Waals surface area (Å²) in [5.74, 6) is 0.933. The van der Waals surface area contributed by atoms with Gasteiger partial charge in [-0.05, 0) is 12.5 Å². The van der Waals surface area contributed by atoms with Crippen molar-refractivity contribution < 1.29 is 14.3 Å². The van der Waals surface area contributed by atoms with E-state index in [0.29, 0.717) is 32.5 Å². The summed E-state index contributed by atoms with van der Waals surface area (Å²) in [6.45, 7) is 8.35. The lowest BCUT2D eigenvalue weighted by molar-refractivity contribution is -0.135. The van der Waals surface area contributed by atoms with E-state index in [4.69, 9.17) is 4.74 Å². The van der Waals surface area contributed by atoms with Crippen molar-refractivity contribution in [3.05, 3.63) is 29.8 Å². The van der Waals surface area contributed by atoms with E-state index in [1.165, 1.54) is 0 Å². The highest BCUT2D eigenvalue weighted by Gasteiger charge is 2.29. The van der Waals surface area contributed by atoms with Crippen LogP contribution in [-0.4, -0.2) is 50.0 Å². The Labute approximate surface area is 156 Å². The van der Waals surface area contributed by atoms with E-state index in [1.54, 1.807) is 7.11 Å². The maximum Gasteiger partial charge on any atom is 0.225 e. The molecule has 0 aromatic heterocycles. The summed E-state index contributed by atoms with van der Waals surface area (Å²) in [4.78, 5) is 26.6. The number of nitrogens with zero attached hydrogens (tertiary/aromatic N) is 1. The van der Waals surface area contributed by atoms with Gasteiger partial charge in [-0.1, -0.05) is 39.0 Å². The first-order valence-electron chi connectivity index (χ1n) is 9.26. The molecular formula is C20H31N3O3. The Balaban J connectivity index is 1.94. The maximum atomic E-state index is 12.8. The highest BCUT2D eigenvalue weighted by Crippen LogP contribution is 2.30. The fraction of sp³-hybridized carbons (Fsp3) is 0.600. The van der Waals surface area contributed by atoms with Crippen LogP contribution in [0.15, 0.2) is 24.3 Å². The lowest BCUT2D eigenvalue weighted by Gasteiger charge is -2.37. The molecule has 0 bridgehead atoms. The van der Waals surface area contributed by atoms with E-state index in [2.05, 4.69) is 10.6 Å². The van der Waals surface area contributed by atoms with Crippen molar-refractivity contribution in [3.8, 4) is 5.75 Å². The van der Waals surface area contributed by atoms with Gasteiger partial charge < -0.3 is 20.3 Å². The molecule has 6 nitrogen and oxygen atoms in total. The smallest absolute Gasteiger partial charge is 0.225 e. The third-order valence-corrected chi connectivity index (χ3v) is 4.60. The monoisotopic (exact) mass is 361 g/mol. The Morgan fingerprint density at radius 2 is 2.04 bits per heavy atom. The zero-order valence-corrected chi connectivity index (χ0v) is 16.3. The van der Waals surface area contributed by atoms with Gasteiger partial charge in [-0.3, -0.25) is 9.59 Å². The molecule has 1 aromatic rings. The van der Waals surface area contributed by atoms with Crippen LogP contribution in [0, 0.1) is 5.41 Å². The number of amides is 2. The second kappa shape index (κ2) is 9.03. The predicted octanol–water partition coefficient (Wildman–Crippen LogP) is 2.11. The van der Waals surface area contributed by atoms with Gasteiger partial charge in [0.1, 0.15) is 5.75 Å². The number of hydrogen-bond acceptors (Lipinski definition) is 4. The molecular weight excluding hydrogens is 330 g/mol. The molecule has 1 unspecified atom stereocenters. The minimum Gasteiger partial charge on any atom is -0.496 e. The van der Waals surface area contributed by atoms with E-state index in [0.717, 1.165) is 17.9 Å². The number of para-hydroxylation sites is 1. The summed E-state index contributed by atoms with van der Waals surface area (Å²) >= 11 is 0. The van der Waals surface area contributed by atoms with Crippen LogP contribution in [-0.2, 0) is 9.59 Å². The van der Waals surface area contributed by atoms with Crippen LogP contribution in [0.5, 0.6) is 5.75 Å². The lowest BCUT2D eigenvalue weighted by Crippen LogP contribution is -2.48. The number of carbonyl (C=O) groups excluding carboxylic acids is 2. The van der Waals surface area contributed by atoms with Gasteiger partial charge in [-0.15, -0.1) is 0 Å². The molecule has 6 heteroatoms. The Hall–Kier alpha value is -2.08. The first-order valence-corrected chi connectivity index (χ1v) is 9.26. The number of hydrogen-bond donors (Lipinski definition) is 2. The van der Waals surface area contributed by atoms with Gasteiger partial charge in [-0.2, -0.15) is 0 Å². The van der Waals surface area contributed by atoms with Crippen molar-refractivity contribution in [2.45, 2.75) is 39.7 Å². The fourth-order valence-electron chi connectivity index (χ4n) is 3.07. The van der Waals surface area contributed by atoms with Crippen molar-refractivity contribution in [2.24, 2.45) is 5.41 Å². The summed E-state index contributed by atoms with van der Waals surface area (Å²) in [6.07, 6.45) is 1.07. The van der Waals surface area contributed by atoms with Crippen molar-refractivity contribution in [2.75, 3.05) is 33.3 Å². The topological polar surface area (TPSA) is 70.7 Å². The third kappa shape index (κ3) is 5.21. The number of rotatable bonds is 6. The average Bonchev–Trinajstić information content (AvgIpc) is 2.64. The van der Waals surface area contributed by atoms with Crippen molar-refractivity contribution in [3.63, 3.8) is 0 Å². The van der Waals surface area contributed by atoms with Crippen LogP contribution < -0.4 is 15.4 Å². The van der Waals surface area contributed by atoms with E-state index < -0.39 is 5.41 Å². The van der Waals surface area contributed by atoms with Gasteiger partial charge in [0.25, 0.3) is 0 Å². The Morgan fingerprint density at radius 3 is 2.73 bits per heavy atom. The number of nitrogens with one attached hydrogen (secondary N) is 2. The molecule has 1 heterocycles. The predicted molar refractivity (Wildman–Crippen MR) is 102 cm³/mol.